The van der Waals surface area contributed by atoms with E-state index in [1.54, 1.807) is 6.07 Å². The van der Waals surface area contributed by atoms with Gasteiger partial charge >= 0.3 is 0 Å². The van der Waals surface area contributed by atoms with E-state index in [1.807, 2.05) is 25.1 Å². The third kappa shape index (κ3) is 5.27. The molecule has 0 fully saturated rings. The standard InChI is InChI=1S/C26H31N3O3S/c1-5-23(24(30)28-19-7-9-21-22(14-19)32-11-10-31-21)33-25-17(15-27)12-16-13-18(26(2,3)4)6-8-20(16)29-25/h7,9,12,14,18,23H,5-6,8,10-11,13H2,1-4H3,(H,28,30). The van der Waals surface area contributed by atoms with Crippen LogP contribution in [0.3, 0.4) is 0 Å². The monoisotopic (exact) mass is 465 g/mol. The van der Waals surface area contributed by atoms with Crippen molar-refractivity contribution >= 4 is 23.4 Å². The number of ether oxygens (including phenoxy) is 2. The molecule has 1 aliphatic heterocycles. The maximum atomic E-state index is 13.0. The molecular formula is C26H31N3O3S. The third-order valence-electron chi connectivity index (χ3n) is 6.42. The summed E-state index contributed by atoms with van der Waals surface area (Å²) in [6, 6.07) is 9.70. The lowest BCUT2D eigenvalue weighted by atomic mass is 9.71. The molecule has 0 bridgehead atoms. The Hall–Kier alpha value is -2.72. The van der Waals surface area contributed by atoms with Crippen LogP contribution < -0.4 is 14.8 Å². The highest BCUT2D eigenvalue weighted by atomic mass is 32.2. The number of nitrogens with zero attached hydrogens (tertiary/aromatic N) is 2. The van der Waals surface area contributed by atoms with E-state index < -0.39 is 0 Å². The Morgan fingerprint density at radius 1 is 1.27 bits per heavy atom. The summed E-state index contributed by atoms with van der Waals surface area (Å²) >= 11 is 1.37. The molecule has 1 amide bonds. The number of aryl methyl sites for hydroxylation is 1. The Labute approximate surface area is 200 Å². The number of pyridine rings is 1. The summed E-state index contributed by atoms with van der Waals surface area (Å²) in [7, 11) is 0. The van der Waals surface area contributed by atoms with Gasteiger partial charge in [0.1, 0.15) is 24.3 Å². The number of anilines is 1. The van der Waals surface area contributed by atoms with Crippen molar-refractivity contribution in [3.63, 3.8) is 0 Å². The number of aromatic nitrogens is 1. The predicted octanol–water partition coefficient (Wildman–Crippen LogP) is 5.38. The fraction of sp³-hybridized carbons (Fsp3) is 0.500. The number of amides is 1. The second-order valence-corrected chi connectivity index (χ2v) is 10.9. The average molecular weight is 466 g/mol. The van der Waals surface area contributed by atoms with Crippen LogP contribution in [0.15, 0.2) is 29.3 Å². The number of carbonyl (C=O) groups is 1. The van der Waals surface area contributed by atoms with E-state index in [9.17, 15) is 10.1 Å². The summed E-state index contributed by atoms with van der Waals surface area (Å²) in [6.07, 6.45) is 3.59. The second kappa shape index (κ2) is 9.64. The van der Waals surface area contributed by atoms with Gasteiger partial charge in [-0.1, -0.05) is 39.5 Å². The van der Waals surface area contributed by atoms with Gasteiger partial charge in [-0.3, -0.25) is 4.79 Å². The van der Waals surface area contributed by atoms with Crippen LogP contribution in [0.4, 0.5) is 5.69 Å². The number of thioether (sulfide) groups is 1. The first-order valence-corrected chi connectivity index (χ1v) is 12.5. The predicted molar refractivity (Wildman–Crippen MR) is 130 cm³/mol. The molecule has 0 radical (unpaired) electrons. The molecule has 2 aromatic rings. The maximum absolute atomic E-state index is 13.0. The normalized spacial score (nSPS) is 18.1. The molecule has 174 valence electrons. The molecule has 2 heterocycles. The van der Waals surface area contributed by atoms with Crippen molar-refractivity contribution in [3.05, 3.63) is 41.1 Å². The van der Waals surface area contributed by atoms with Gasteiger partial charge in [-0.05, 0) is 60.8 Å². The summed E-state index contributed by atoms with van der Waals surface area (Å²) in [5.41, 5.74) is 3.70. The minimum atomic E-state index is -0.359. The van der Waals surface area contributed by atoms with Crippen LogP contribution in [0.2, 0.25) is 0 Å². The molecule has 2 aliphatic rings. The van der Waals surface area contributed by atoms with Crippen LogP contribution in [0.1, 0.15) is 57.4 Å². The van der Waals surface area contributed by atoms with E-state index >= 15 is 0 Å². The highest BCUT2D eigenvalue weighted by Gasteiger charge is 2.30. The summed E-state index contributed by atoms with van der Waals surface area (Å²) in [4.78, 5) is 17.9. The molecule has 4 rings (SSSR count). The molecule has 0 saturated heterocycles. The van der Waals surface area contributed by atoms with Gasteiger partial charge in [-0.15, -0.1) is 0 Å². The van der Waals surface area contributed by atoms with E-state index in [0.29, 0.717) is 53.3 Å². The number of rotatable bonds is 5. The highest BCUT2D eigenvalue weighted by molar-refractivity contribution is 8.00. The number of nitriles is 1. The molecule has 0 saturated carbocycles. The molecule has 7 heteroatoms. The molecule has 6 nitrogen and oxygen atoms in total. The van der Waals surface area contributed by atoms with Crippen LogP contribution in [0, 0.1) is 22.7 Å². The first-order chi connectivity index (χ1) is 15.8. The Morgan fingerprint density at radius 3 is 2.73 bits per heavy atom. The van der Waals surface area contributed by atoms with Gasteiger partial charge in [0.25, 0.3) is 0 Å². The maximum Gasteiger partial charge on any atom is 0.237 e. The Morgan fingerprint density at radius 2 is 2.03 bits per heavy atom. The molecule has 1 aromatic heterocycles. The van der Waals surface area contributed by atoms with E-state index in [-0.39, 0.29) is 16.6 Å². The van der Waals surface area contributed by atoms with Crippen molar-refractivity contribution in [1.82, 2.24) is 4.98 Å². The number of nitrogens with one attached hydrogen (secondary N) is 1. The minimum absolute atomic E-state index is 0.115. The van der Waals surface area contributed by atoms with E-state index in [0.717, 1.165) is 25.0 Å². The van der Waals surface area contributed by atoms with Gasteiger partial charge in [0, 0.05) is 17.4 Å². The van der Waals surface area contributed by atoms with Crippen LogP contribution in [-0.2, 0) is 17.6 Å². The molecule has 1 aromatic carbocycles. The van der Waals surface area contributed by atoms with Crippen molar-refractivity contribution in [2.45, 2.75) is 63.7 Å². The lowest BCUT2D eigenvalue weighted by Gasteiger charge is -2.34. The zero-order valence-corrected chi connectivity index (χ0v) is 20.6. The van der Waals surface area contributed by atoms with Gasteiger partial charge in [-0.2, -0.15) is 5.26 Å². The first kappa shape index (κ1) is 23.4. The lowest BCUT2D eigenvalue weighted by molar-refractivity contribution is -0.115. The van der Waals surface area contributed by atoms with Crippen molar-refractivity contribution in [1.29, 1.82) is 5.26 Å². The SMILES string of the molecule is CCC(Sc1nc2c(cc1C#N)CC(C(C)(C)C)CC2)C(=O)Nc1ccc2c(c1)OCCO2. The Kier molecular flexibility index (Phi) is 6.85. The average Bonchev–Trinajstić information content (AvgIpc) is 2.80. The van der Waals surface area contributed by atoms with Crippen LogP contribution in [0.5, 0.6) is 11.5 Å². The third-order valence-corrected chi connectivity index (χ3v) is 7.79. The minimum Gasteiger partial charge on any atom is -0.486 e. The molecule has 2 unspecified atom stereocenters. The van der Waals surface area contributed by atoms with Crippen LogP contribution in [-0.4, -0.2) is 29.4 Å². The van der Waals surface area contributed by atoms with Crippen molar-refractivity contribution in [2.24, 2.45) is 11.3 Å². The van der Waals surface area contributed by atoms with Crippen LogP contribution in [0.25, 0.3) is 0 Å². The fourth-order valence-corrected chi connectivity index (χ4v) is 5.35. The largest absolute Gasteiger partial charge is 0.486 e. The number of hydrogen-bond donors (Lipinski definition) is 1. The Balaban J connectivity index is 1.50. The molecule has 1 aliphatic carbocycles. The molecule has 1 N–H and O–H groups in total. The zero-order valence-electron chi connectivity index (χ0n) is 19.7. The van der Waals surface area contributed by atoms with Crippen molar-refractivity contribution < 1.29 is 14.3 Å². The highest BCUT2D eigenvalue weighted by Crippen LogP contribution is 2.39. The summed E-state index contributed by atoms with van der Waals surface area (Å²) in [6.45, 7) is 9.82. The first-order valence-electron chi connectivity index (χ1n) is 11.6. The summed E-state index contributed by atoms with van der Waals surface area (Å²) < 4.78 is 11.2. The topological polar surface area (TPSA) is 84.2 Å². The smallest absolute Gasteiger partial charge is 0.237 e. The van der Waals surface area contributed by atoms with Crippen molar-refractivity contribution in [2.75, 3.05) is 18.5 Å². The van der Waals surface area contributed by atoms with Crippen molar-refractivity contribution in [3.8, 4) is 17.6 Å². The van der Waals surface area contributed by atoms with Gasteiger partial charge < -0.3 is 14.8 Å². The number of carbonyl (C=O) groups excluding carboxylic acids is 1. The number of benzene rings is 1. The van der Waals surface area contributed by atoms with E-state index in [4.69, 9.17) is 14.5 Å². The van der Waals surface area contributed by atoms with Gasteiger partial charge in [0.2, 0.25) is 5.91 Å². The molecular weight excluding hydrogens is 434 g/mol. The van der Waals surface area contributed by atoms with E-state index in [1.165, 1.54) is 17.3 Å². The van der Waals surface area contributed by atoms with Gasteiger partial charge in [-0.25, -0.2) is 4.98 Å². The van der Waals surface area contributed by atoms with Crippen LogP contribution >= 0.6 is 11.8 Å². The van der Waals surface area contributed by atoms with Gasteiger partial charge in [0.15, 0.2) is 11.5 Å². The fourth-order valence-electron chi connectivity index (χ4n) is 4.36. The lowest BCUT2D eigenvalue weighted by Crippen LogP contribution is -2.28. The molecule has 2 atom stereocenters. The summed E-state index contributed by atoms with van der Waals surface area (Å²) in [5.74, 6) is 1.79. The summed E-state index contributed by atoms with van der Waals surface area (Å²) in [5, 5.41) is 13.1. The molecule has 33 heavy (non-hydrogen) atoms. The van der Waals surface area contributed by atoms with E-state index in [2.05, 4.69) is 32.2 Å². The molecule has 0 spiro atoms. The number of hydrogen-bond acceptors (Lipinski definition) is 6. The quantitative estimate of drug-likeness (QED) is 0.597. The zero-order chi connectivity index (χ0) is 23.6. The van der Waals surface area contributed by atoms with Gasteiger partial charge in [0.05, 0.1) is 10.8 Å². The Bertz CT molecular complexity index is 1090. The second-order valence-electron chi connectivity index (χ2n) is 9.73. The number of fused-ring (bicyclic) bond motifs is 2.